The Hall–Kier alpha value is -0.620. The molecule has 5 nitrogen and oxygen atoms in total. The molecule has 1 heterocycles. The Morgan fingerprint density at radius 2 is 1.94 bits per heavy atom. The van der Waals surface area contributed by atoms with Gasteiger partial charge in [-0.05, 0) is 26.3 Å². The number of sulfone groups is 1. The maximum Gasteiger partial charge on any atom is 0.234 e. The van der Waals surface area contributed by atoms with Crippen LogP contribution in [0.15, 0.2) is 0 Å². The molecule has 1 saturated carbocycles. The summed E-state index contributed by atoms with van der Waals surface area (Å²) in [6.07, 6.45) is 5.19. The molecule has 0 bridgehead atoms. The van der Waals surface area contributed by atoms with Crippen molar-refractivity contribution in [3.05, 3.63) is 0 Å². The maximum atomic E-state index is 11.8. The molecule has 104 valence electrons. The Balaban J connectivity index is 1.76. The first-order valence-electron chi connectivity index (χ1n) is 6.66. The number of nitrogens with zero attached hydrogens (tertiary/aromatic N) is 1. The molecule has 1 N–H and O–H groups in total. The van der Waals surface area contributed by atoms with Gasteiger partial charge >= 0.3 is 0 Å². The molecule has 1 aliphatic heterocycles. The van der Waals surface area contributed by atoms with E-state index in [2.05, 4.69) is 5.32 Å². The smallest absolute Gasteiger partial charge is 0.234 e. The second kappa shape index (κ2) is 5.57. The van der Waals surface area contributed by atoms with Crippen molar-refractivity contribution >= 4 is 15.7 Å². The largest absolute Gasteiger partial charge is 0.352 e. The summed E-state index contributed by atoms with van der Waals surface area (Å²) in [7, 11) is -1.04. The van der Waals surface area contributed by atoms with Gasteiger partial charge in [0.1, 0.15) is 0 Å². The minimum Gasteiger partial charge on any atom is -0.352 e. The van der Waals surface area contributed by atoms with Gasteiger partial charge in [-0.25, -0.2) is 8.42 Å². The summed E-state index contributed by atoms with van der Waals surface area (Å²) in [5, 5.41) is 3.02. The lowest BCUT2D eigenvalue weighted by molar-refractivity contribution is -0.123. The van der Waals surface area contributed by atoms with Crippen LogP contribution in [0, 0.1) is 0 Å². The number of rotatable bonds is 4. The Morgan fingerprint density at radius 1 is 1.28 bits per heavy atom. The summed E-state index contributed by atoms with van der Waals surface area (Å²) >= 11 is 0. The first kappa shape index (κ1) is 13.8. The molecular formula is C12H22N2O3S. The van der Waals surface area contributed by atoms with Crippen LogP contribution in [-0.2, 0) is 14.6 Å². The van der Waals surface area contributed by atoms with Crippen molar-refractivity contribution in [2.75, 3.05) is 25.1 Å². The standard InChI is InChI=1S/C12H22N2O3S/c1-14(11-6-7-18(16,17)9-11)8-12(15)13-10-4-2-3-5-10/h10-11H,2-9H2,1H3,(H,13,15). The van der Waals surface area contributed by atoms with Crippen LogP contribution >= 0.6 is 0 Å². The van der Waals surface area contributed by atoms with Crippen molar-refractivity contribution in [3.8, 4) is 0 Å². The summed E-state index contributed by atoms with van der Waals surface area (Å²) < 4.78 is 22.8. The predicted molar refractivity (Wildman–Crippen MR) is 70.1 cm³/mol. The second-order valence-electron chi connectivity index (χ2n) is 5.52. The van der Waals surface area contributed by atoms with Crippen molar-refractivity contribution in [2.24, 2.45) is 0 Å². The zero-order valence-corrected chi connectivity index (χ0v) is 11.7. The molecule has 2 rings (SSSR count). The lowest BCUT2D eigenvalue weighted by Crippen LogP contribution is -2.43. The number of carbonyl (C=O) groups is 1. The van der Waals surface area contributed by atoms with E-state index in [0.29, 0.717) is 19.0 Å². The van der Waals surface area contributed by atoms with Gasteiger partial charge in [0.2, 0.25) is 5.91 Å². The lowest BCUT2D eigenvalue weighted by Gasteiger charge is -2.23. The third-order valence-electron chi connectivity index (χ3n) is 3.95. The molecular weight excluding hydrogens is 252 g/mol. The van der Waals surface area contributed by atoms with Crippen LogP contribution in [0.4, 0.5) is 0 Å². The normalized spacial score (nSPS) is 27.8. The van der Waals surface area contributed by atoms with E-state index in [4.69, 9.17) is 0 Å². The number of nitrogens with one attached hydrogen (secondary N) is 1. The molecule has 0 radical (unpaired) electrons. The van der Waals surface area contributed by atoms with E-state index in [1.165, 1.54) is 12.8 Å². The second-order valence-corrected chi connectivity index (χ2v) is 7.75. The average molecular weight is 274 g/mol. The van der Waals surface area contributed by atoms with Crippen LogP contribution in [0.25, 0.3) is 0 Å². The van der Waals surface area contributed by atoms with Crippen molar-refractivity contribution in [3.63, 3.8) is 0 Å². The minimum absolute atomic E-state index is 0.00401. The van der Waals surface area contributed by atoms with E-state index in [9.17, 15) is 13.2 Å². The van der Waals surface area contributed by atoms with E-state index < -0.39 is 9.84 Å². The van der Waals surface area contributed by atoms with Crippen LogP contribution in [0.5, 0.6) is 0 Å². The number of amides is 1. The molecule has 2 aliphatic rings. The molecule has 18 heavy (non-hydrogen) atoms. The molecule has 1 saturated heterocycles. The number of hydrogen-bond acceptors (Lipinski definition) is 4. The van der Waals surface area contributed by atoms with Crippen LogP contribution in [0.3, 0.4) is 0 Å². The van der Waals surface area contributed by atoms with E-state index in [-0.39, 0.29) is 23.5 Å². The van der Waals surface area contributed by atoms with Crippen LogP contribution in [-0.4, -0.2) is 56.4 Å². The Labute approximate surface area is 109 Å². The van der Waals surface area contributed by atoms with Crippen LogP contribution in [0.1, 0.15) is 32.1 Å². The monoisotopic (exact) mass is 274 g/mol. The van der Waals surface area contributed by atoms with Gasteiger partial charge in [0.15, 0.2) is 9.84 Å². The highest BCUT2D eigenvalue weighted by atomic mass is 32.2. The molecule has 0 spiro atoms. The predicted octanol–water partition coefficient (Wildman–Crippen LogP) is 0.164. The fourth-order valence-electron chi connectivity index (χ4n) is 2.82. The van der Waals surface area contributed by atoms with E-state index in [1.807, 2.05) is 11.9 Å². The topological polar surface area (TPSA) is 66.5 Å². The van der Waals surface area contributed by atoms with Gasteiger partial charge in [-0.3, -0.25) is 9.69 Å². The Bertz CT molecular complexity index is 402. The van der Waals surface area contributed by atoms with E-state index in [1.54, 1.807) is 0 Å². The number of likely N-dealkylation sites (N-methyl/N-ethyl adjacent to an activating group) is 1. The summed E-state index contributed by atoms with van der Waals surface area (Å²) in [6.45, 7) is 0.302. The molecule has 1 atom stereocenters. The van der Waals surface area contributed by atoms with Crippen molar-refractivity contribution in [1.82, 2.24) is 10.2 Å². The SMILES string of the molecule is CN(CC(=O)NC1CCCC1)C1CCS(=O)(=O)C1. The zero-order valence-electron chi connectivity index (χ0n) is 10.9. The van der Waals surface area contributed by atoms with Gasteiger partial charge in [0, 0.05) is 12.1 Å². The third kappa shape index (κ3) is 3.68. The molecule has 0 aromatic heterocycles. The quantitative estimate of drug-likeness (QED) is 0.793. The Kier molecular flexibility index (Phi) is 4.27. The molecule has 0 aromatic carbocycles. The van der Waals surface area contributed by atoms with E-state index >= 15 is 0 Å². The van der Waals surface area contributed by atoms with Crippen molar-refractivity contribution in [1.29, 1.82) is 0 Å². The highest BCUT2D eigenvalue weighted by molar-refractivity contribution is 7.91. The van der Waals surface area contributed by atoms with Crippen LogP contribution < -0.4 is 5.32 Å². The van der Waals surface area contributed by atoms with Crippen molar-refractivity contribution < 1.29 is 13.2 Å². The molecule has 0 aromatic rings. The fourth-order valence-corrected chi connectivity index (χ4v) is 4.63. The van der Waals surface area contributed by atoms with E-state index in [0.717, 1.165) is 12.8 Å². The minimum atomic E-state index is -2.87. The van der Waals surface area contributed by atoms with Gasteiger partial charge in [-0.1, -0.05) is 12.8 Å². The summed E-state index contributed by atoms with van der Waals surface area (Å²) in [6, 6.07) is 0.336. The Morgan fingerprint density at radius 3 is 2.50 bits per heavy atom. The number of carbonyl (C=O) groups excluding carboxylic acids is 1. The maximum absolute atomic E-state index is 11.8. The fraction of sp³-hybridized carbons (Fsp3) is 0.917. The first-order chi connectivity index (χ1) is 8.46. The molecule has 2 fully saturated rings. The first-order valence-corrected chi connectivity index (χ1v) is 8.48. The summed E-state index contributed by atoms with van der Waals surface area (Å²) in [4.78, 5) is 13.7. The molecule has 1 unspecified atom stereocenters. The molecule has 1 aliphatic carbocycles. The summed E-state index contributed by atoms with van der Waals surface area (Å²) in [5.74, 6) is 0.473. The molecule has 1 amide bonds. The zero-order chi connectivity index (χ0) is 13.2. The lowest BCUT2D eigenvalue weighted by atomic mass is 10.2. The van der Waals surface area contributed by atoms with Crippen molar-refractivity contribution in [2.45, 2.75) is 44.2 Å². The van der Waals surface area contributed by atoms with Gasteiger partial charge in [0.25, 0.3) is 0 Å². The van der Waals surface area contributed by atoms with Crippen LogP contribution in [0.2, 0.25) is 0 Å². The average Bonchev–Trinajstić information content (AvgIpc) is 2.87. The summed E-state index contributed by atoms with van der Waals surface area (Å²) in [5.41, 5.74) is 0. The van der Waals surface area contributed by atoms with Gasteiger partial charge in [0.05, 0.1) is 18.1 Å². The van der Waals surface area contributed by atoms with Gasteiger partial charge in [-0.15, -0.1) is 0 Å². The number of hydrogen-bond donors (Lipinski definition) is 1. The van der Waals surface area contributed by atoms with Gasteiger partial charge in [-0.2, -0.15) is 0 Å². The molecule has 6 heteroatoms. The highest BCUT2D eigenvalue weighted by Crippen LogP contribution is 2.18. The third-order valence-corrected chi connectivity index (χ3v) is 5.70. The highest BCUT2D eigenvalue weighted by Gasteiger charge is 2.31. The van der Waals surface area contributed by atoms with Gasteiger partial charge < -0.3 is 5.32 Å².